The van der Waals surface area contributed by atoms with E-state index in [0.717, 1.165) is 12.2 Å². The van der Waals surface area contributed by atoms with Gasteiger partial charge in [0.05, 0.1) is 7.11 Å². The lowest BCUT2D eigenvalue weighted by Gasteiger charge is -2.32. The molecule has 0 aromatic heterocycles. The number of nitrogens with two attached hydrogens (primary N) is 1. The van der Waals surface area contributed by atoms with Gasteiger partial charge in [-0.1, -0.05) is 19.9 Å². The number of rotatable bonds is 4. The van der Waals surface area contributed by atoms with Crippen LogP contribution in [0.2, 0.25) is 0 Å². The summed E-state index contributed by atoms with van der Waals surface area (Å²) in [5.74, 6) is 0.939. The number of thioether (sulfide) groups is 1. The van der Waals surface area contributed by atoms with E-state index in [9.17, 15) is 0 Å². The van der Waals surface area contributed by atoms with E-state index in [1.807, 2.05) is 17.8 Å². The molecule has 0 aliphatic heterocycles. The van der Waals surface area contributed by atoms with Crippen LogP contribution in [0.1, 0.15) is 43.9 Å². The first kappa shape index (κ1) is 13.8. The molecule has 18 heavy (non-hydrogen) atoms. The van der Waals surface area contributed by atoms with Gasteiger partial charge in [-0.05, 0) is 42.5 Å². The number of methoxy groups -OCH3 is 1. The summed E-state index contributed by atoms with van der Waals surface area (Å²) in [4.78, 5) is 0. The Bertz CT molecular complexity index is 407. The van der Waals surface area contributed by atoms with Crippen molar-refractivity contribution in [2.75, 3.05) is 7.11 Å². The third kappa shape index (κ3) is 2.83. The average Bonchev–Trinajstić information content (AvgIpc) is 2.41. The lowest BCUT2D eigenvalue weighted by Crippen LogP contribution is -2.30. The molecule has 0 heterocycles. The van der Waals surface area contributed by atoms with Crippen LogP contribution < -0.4 is 10.5 Å². The molecule has 1 aromatic carbocycles. The van der Waals surface area contributed by atoms with Gasteiger partial charge in [0.2, 0.25) is 0 Å². The molecule has 0 saturated heterocycles. The van der Waals surface area contributed by atoms with Crippen LogP contribution in [-0.2, 0) is 6.42 Å². The van der Waals surface area contributed by atoms with Crippen molar-refractivity contribution >= 4 is 11.8 Å². The Labute approximate surface area is 114 Å². The van der Waals surface area contributed by atoms with E-state index < -0.39 is 0 Å². The minimum absolute atomic E-state index is 0.165. The number of hydrogen-bond donors (Lipinski definition) is 1. The molecule has 0 amide bonds. The van der Waals surface area contributed by atoms with E-state index in [-0.39, 0.29) is 6.04 Å². The van der Waals surface area contributed by atoms with E-state index >= 15 is 0 Å². The molecule has 1 aromatic rings. The minimum Gasteiger partial charge on any atom is -0.497 e. The Morgan fingerprint density at radius 1 is 1.50 bits per heavy atom. The highest BCUT2D eigenvalue weighted by Crippen LogP contribution is 2.38. The maximum atomic E-state index is 6.42. The van der Waals surface area contributed by atoms with Crippen LogP contribution in [0.4, 0.5) is 0 Å². The van der Waals surface area contributed by atoms with Gasteiger partial charge in [0.1, 0.15) is 5.75 Å². The normalized spacial score (nSPS) is 24.4. The lowest BCUT2D eigenvalue weighted by molar-refractivity contribution is 0.413. The van der Waals surface area contributed by atoms with Gasteiger partial charge >= 0.3 is 0 Å². The van der Waals surface area contributed by atoms with Crippen LogP contribution >= 0.6 is 11.8 Å². The van der Waals surface area contributed by atoms with Crippen molar-refractivity contribution in [3.05, 3.63) is 29.3 Å². The SMILES string of the molecule is CCC(C)SC1CCc2cc(OC)ccc2C1N. The quantitative estimate of drug-likeness (QED) is 0.904. The topological polar surface area (TPSA) is 35.2 Å². The summed E-state index contributed by atoms with van der Waals surface area (Å²) in [5, 5.41) is 1.25. The molecule has 3 unspecified atom stereocenters. The zero-order chi connectivity index (χ0) is 13.1. The molecule has 2 rings (SSSR count). The number of ether oxygens (including phenoxy) is 1. The largest absolute Gasteiger partial charge is 0.497 e. The molecule has 2 N–H and O–H groups in total. The van der Waals surface area contributed by atoms with Crippen molar-refractivity contribution in [3.8, 4) is 5.75 Å². The number of hydrogen-bond acceptors (Lipinski definition) is 3. The zero-order valence-corrected chi connectivity index (χ0v) is 12.3. The fourth-order valence-corrected chi connectivity index (χ4v) is 3.83. The van der Waals surface area contributed by atoms with Crippen molar-refractivity contribution in [2.24, 2.45) is 5.73 Å². The Morgan fingerprint density at radius 2 is 2.28 bits per heavy atom. The number of benzene rings is 1. The zero-order valence-electron chi connectivity index (χ0n) is 11.5. The van der Waals surface area contributed by atoms with Gasteiger partial charge < -0.3 is 10.5 Å². The van der Waals surface area contributed by atoms with Gasteiger partial charge in [-0.15, -0.1) is 0 Å². The second kappa shape index (κ2) is 5.98. The predicted octanol–water partition coefficient (Wildman–Crippen LogP) is 3.54. The van der Waals surface area contributed by atoms with E-state index in [1.54, 1.807) is 7.11 Å². The highest BCUT2D eigenvalue weighted by Gasteiger charge is 2.28. The Balaban J connectivity index is 2.15. The molecule has 0 bridgehead atoms. The first-order chi connectivity index (χ1) is 8.65. The second-order valence-corrected chi connectivity index (χ2v) is 6.71. The number of fused-ring (bicyclic) bond motifs is 1. The molecule has 0 radical (unpaired) electrons. The van der Waals surface area contributed by atoms with Gasteiger partial charge in [0.25, 0.3) is 0 Å². The lowest BCUT2D eigenvalue weighted by atomic mass is 9.87. The summed E-state index contributed by atoms with van der Waals surface area (Å²) < 4.78 is 5.28. The number of aryl methyl sites for hydroxylation is 1. The second-order valence-electron chi connectivity index (χ2n) is 5.02. The first-order valence-corrected chi connectivity index (χ1v) is 7.67. The summed E-state index contributed by atoms with van der Waals surface area (Å²) >= 11 is 2.05. The standard InChI is InChI=1S/C15H23NOS/c1-4-10(2)18-14-8-5-11-9-12(17-3)6-7-13(11)15(14)16/h6-7,9-10,14-15H,4-5,8,16H2,1-3H3. The van der Waals surface area contributed by atoms with Crippen molar-refractivity contribution < 1.29 is 4.74 Å². The highest BCUT2D eigenvalue weighted by atomic mass is 32.2. The van der Waals surface area contributed by atoms with Crippen LogP contribution in [0.5, 0.6) is 5.75 Å². The van der Waals surface area contributed by atoms with Crippen LogP contribution in [0, 0.1) is 0 Å². The minimum atomic E-state index is 0.165. The van der Waals surface area contributed by atoms with Crippen LogP contribution in [0.25, 0.3) is 0 Å². The Morgan fingerprint density at radius 3 is 2.94 bits per heavy atom. The third-order valence-corrected chi connectivity index (χ3v) is 5.47. The predicted molar refractivity (Wildman–Crippen MR) is 79.4 cm³/mol. The molecule has 1 aliphatic rings. The van der Waals surface area contributed by atoms with Crippen molar-refractivity contribution in [1.82, 2.24) is 0 Å². The maximum Gasteiger partial charge on any atom is 0.119 e. The van der Waals surface area contributed by atoms with Gasteiger partial charge in [0.15, 0.2) is 0 Å². The summed E-state index contributed by atoms with van der Waals surface area (Å²) in [5.41, 5.74) is 9.10. The van der Waals surface area contributed by atoms with Gasteiger partial charge in [0, 0.05) is 16.5 Å². The van der Waals surface area contributed by atoms with Crippen LogP contribution in [-0.4, -0.2) is 17.6 Å². The molecule has 2 nitrogen and oxygen atoms in total. The van der Waals surface area contributed by atoms with Gasteiger partial charge in [-0.2, -0.15) is 11.8 Å². The molecule has 3 atom stereocenters. The fourth-order valence-electron chi connectivity index (χ4n) is 2.48. The van der Waals surface area contributed by atoms with E-state index in [1.165, 1.54) is 24.0 Å². The molecule has 0 saturated carbocycles. The molecule has 0 spiro atoms. The van der Waals surface area contributed by atoms with E-state index in [0.29, 0.717) is 10.5 Å². The maximum absolute atomic E-state index is 6.42. The summed E-state index contributed by atoms with van der Waals surface area (Å²) in [6.07, 6.45) is 3.51. The van der Waals surface area contributed by atoms with Crippen molar-refractivity contribution in [1.29, 1.82) is 0 Å². The van der Waals surface area contributed by atoms with Gasteiger partial charge in [-0.3, -0.25) is 0 Å². The van der Waals surface area contributed by atoms with Crippen molar-refractivity contribution in [2.45, 2.75) is 49.7 Å². The first-order valence-electron chi connectivity index (χ1n) is 6.73. The average molecular weight is 265 g/mol. The summed E-state index contributed by atoms with van der Waals surface area (Å²) in [7, 11) is 1.71. The fraction of sp³-hybridized carbons (Fsp3) is 0.600. The van der Waals surface area contributed by atoms with Gasteiger partial charge in [-0.25, -0.2) is 0 Å². The molecular weight excluding hydrogens is 242 g/mol. The van der Waals surface area contributed by atoms with E-state index in [2.05, 4.69) is 26.0 Å². The molecule has 0 fully saturated rings. The molecule has 100 valence electrons. The Kier molecular flexibility index (Phi) is 4.57. The molecular formula is C15H23NOS. The molecule has 3 heteroatoms. The molecule has 1 aliphatic carbocycles. The van der Waals surface area contributed by atoms with Crippen molar-refractivity contribution in [3.63, 3.8) is 0 Å². The summed E-state index contributed by atoms with van der Waals surface area (Å²) in [6.45, 7) is 4.53. The van der Waals surface area contributed by atoms with Crippen LogP contribution in [0.3, 0.4) is 0 Å². The summed E-state index contributed by atoms with van der Waals surface area (Å²) in [6, 6.07) is 6.47. The smallest absolute Gasteiger partial charge is 0.119 e. The van der Waals surface area contributed by atoms with E-state index in [4.69, 9.17) is 10.5 Å². The Hall–Kier alpha value is -0.670. The van der Waals surface area contributed by atoms with Crippen LogP contribution in [0.15, 0.2) is 18.2 Å². The third-order valence-electron chi connectivity index (χ3n) is 3.79. The highest BCUT2D eigenvalue weighted by molar-refractivity contribution is 8.00. The monoisotopic (exact) mass is 265 g/mol.